The topological polar surface area (TPSA) is 57.7 Å². The molecule has 0 aliphatic heterocycles. The summed E-state index contributed by atoms with van der Waals surface area (Å²) in [6.45, 7) is 2.76. The van der Waals surface area contributed by atoms with E-state index in [1.807, 2.05) is 48.3 Å². The second-order valence-electron chi connectivity index (χ2n) is 5.60. The molecule has 5 heteroatoms. The molecule has 3 rings (SSSR count). The van der Waals surface area contributed by atoms with Crippen molar-refractivity contribution in [2.45, 2.75) is 19.9 Å². The summed E-state index contributed by atoms with van der Waals surface area (Å²) in [5, 5.41) is 18.4. The lowest BCUT2D eigenvalue weighted by atomic mass is 10.1. The molecule has 0 radical (unpaired) electrons. The van der Waals surface area contributed by atoms with Crippen molar-refractivity contribution in [3.63, 3.8) is 0 Å². The average Bonchev–Trinajstić information content (AvgIpc) is 3.07. The van der Waals surface area contributed by atoms with Gasteiger partial charge in [0, 0.05) is 13.6 Å². The van der Waals surface area contributed by atoms with Gasteiger partial charge in [0.05, 0.1) is 5.69 Å². The van der Waals surface area contributed by atoms with Gasteiger partial charge in [0.25, 0.3) is 0 Å². The number of aryl methyl sites for hydroxylation is 1. The minimum Gasteiger partial charge on any atom is -0.351 e. The van der Waals surface area contributed by atoms with E-state index in [4.69, 9.17) is 0 Å². The molecule has 3 aromatic rings. The fourth-order valence-corrected chi connectivity index (χ4v) is 2.67. The molecule has 0 spiro atoms. The zero-order valence-electron chi connectivity index (χ0n) is 13.8. The number of rotatable bonds is 5. The van der Waals surface area contributed by atoms with Crippen molar-refractivity contribution < 1.29 is 0 Å². The van der Waals surface area contributed by atoms with Gasteiger partial charge in [-0.05, 0) is 23.6 Å². The van der Waals surface area contributed by atoms with E-state index in [0.717, 1.165) is 23.2 Å². The largest absolute Gasteiger partial charge is 0.351 e. The highest BCUT2D eigenvalue weighted by molar-refractivity contribution is 5.51. The quantitative estimate of drug-likeness (QED) is 0.724. The number of hydrogen-bond donors (Lipinski definition) is 0. The highest BCUT2D eigenvalue weighted by atomic mass is 15.5. The van der Waals surface area contributed by atoms with Gasteiger partial charge in [-0.1, -0.05) is 55.5 Å². The van der Waals surface area contributed by atoms with Crippen LogP contribution in [0.4, 0.5) is 5.82 Å². The van der Waals surface area contributed by atoms with Crippen LogP contribution in [0.5, 0.6) is 0 Å². The SMILES string of the molecule is CCc1ccccc1-n1nc(C#N)c(N(C)Cc2ccccc2)n1. The maximum Gasteiger partial charge on any atom is 0.207 e. The van der Waals surface area contributed by atoms with E-state index in [0.29, 0.717) is 18.1 Å². The first-order valence-electron chi connectivity index (χ1n) is 7.93. The zero-order valence-corrected chi connectivity index (χ0v) is 13.8. The summed E-state index contributed by atoms with van der Waals surface area (Å²) in [5.41, 5.74) is 3.55. The van der Waals surface area contributed by atoms with E-state index >= 15 is 0 Å². The van der Waals surface area contributed by atoms with E-state index in [-0.39, 0.29) is 0 Å². The molecule has 0 saturated carbocycles. The number of anilines is 1. The summed E-state index contributed by atoms with van der Waals surface area (Å²) in [6.07, 6.45) is 0.884. The Bertz CT molecular complexity index is 861. The first kappa shape index (κ1) is 15.8. The molecule has 0 amide bonds. The molecular weight excluding hydrogens is 298 g/mol. The van der Waals surface area contributed by atoms with Gasteiger partial charge in [-0.25, -0.2) is 0 Å². The molecule has 0 saturated heterocycles. The number of hydrogen-bond acceptors (Lipinski definition) is 4. The van der Waals surface area contributed by atoms with E-state index in [9.17, 15) is 5.26 Å². The van der Waals surface area contributed by atoms with Crippen molar-refractivity contribution in [2.75, 3.05) is 11.9 Å². The first-order chi connectivity index (χ1) is 11.7. The summed E-state index contributed by atoms with van der Waals surface area (Å²) in [5.74, 6) is 0.590. The van der Waals surface area contributed by atoms with Crippen LogP contribution >= 0.6 is 0 Å². The lowest BCUT2D eigenvalue weighted by Crippen LogP contribution is -2.18. The Kier molecular flexibility index (Phi) is 4.57. The Labute approximate surface area is 141 Å². The van der Waals surface area contributed by atoms with Crippen LogP contribution in [0, 0.1) is 11.3 Å². The Balaban J connectivity index is 1.95. The first-order valence-corrected chi connectivity index (χ1v) is 7.93. The molecule has 0 aliphatic carbocycles. The summed E-state index contributed by atoms with van der Waals surface area (Å²) < 4.78 is 0. The third-order valence-corrected chi connectivity index (χ3v) is 3.91. The van der Waals surface area contributed by atoms with Crippen molar-refractivity contribution in [2.24, 2.45) is 0 Å². The monoisotopic (exact) mass is 317 g/mol. The second kappa shape index (κ2) is 6.97. The number of benzene rings is 2. The van der Waals surface area contributed by atoms with E-state index in [1.54, 1.807) is 4.80 Å². The number of nitrogens with zero attached hydrogens (tertiary/aromatic N) is 5. The molecule has 1 aromatic heterocycles. The molecule has 24 heavy (non-hydrogen) atoms. The number of nitriles is 1. The third-order valence-electron chi connectivity index (χ3n) is 3.91. The predicted octanol–water partition coefficient (Wildman–Crippen LogP) is 3.34. The molecule has 0 fully saturated rings. The van der Waals surface area contributed by atoms with Crippen LogP contribution in [0.2, 0.25) is 0 Å². The van der Waals surface area contributed by atoms with Crippen molar-refractivity contribution in [3.8, 4) is 11.8 Å². The summed E-state index contributed by atoms with van der Waals surface area (Å²) >= 11 is 0. The molecule has 120 valence electrons. The van der Waals surface area contributed by atoms with Gasteiger partial charge in [0.15, 0.2) is 5.82 Å². The average molecular weight is 317 g/mol. The molecule has 1 heterocycles. The van der Waals surface area contributed by atoms with Crippen LogP contribution in [0.3, 0.4) is 0 Å². The number of aromatic nitrogens is 3. The Morgan fingerprint density at radius 1 is 1.04 bits per heavy atom. The normalized spacial score (nSPS) is 10.4. The lowest BCUT2D eigenvalue weighted by molar-refractivity contribution is 0.733. The van der Waals surface area contributed by atoms with E-state index in [2.05, 4.69) is 41.4 Å². The van der Waals surface area contributed by atoms with Crippen molar-refractivity contribution >= 4 is 5.82 Å². The molecule has 0 unspecified atom stereocenters. The van der Waals surface area contributed by atoms with Crippen LogP contribution in [-0.2, 0) is 13.0 Å². The van der Waals surface area contributed by atoms with Crippen LogP contribution in [0.25, 0.3) is 5.69 Å². The molecule has 0 aliphatic rings. The van der Waals surface area contributed by atoms with Crippen LogP contribution in [0.1, 0.15) is 23.7 Å². The molecule has 0 N–H and O–H groups in total. The van der Waals surface area contributed by atoms with Gasteiger partial charge in [-0.3, -0.25) is 0 Å². The van der Waals surface area contributed by atoms with Crippen LogP contribution < -0.4 is 4.90 Å². The second-order valence-corrected chi connectivity index (χ2v) is 5.60. The van der Waals surface area contributed by atoms with E-state index in [1.165, 1.54) is 0 Å². The van der Waals surface area contributed by atoms with Crippen molar-refractivity contribution in [1.29, 1.82) is 5.26 Å². The molecule has 2 aromatic carbocycles. The van der Waals surface area contributed by atoms with Crippen molar-refractivity contribution in [3.05, 3.63) is 71.4 Å². The van der Waals surface area contributed by atoms with Gasteiger partial charge in [-0.15, -0.1) is 15.0 Å². The standard InChI is InChI=1S/C19H19N5/c1-3-16-11-7-8-12-18(16)24-21-17(13-20)19(22-24)23(2)14-15-9-5-4-6-10-15/h4-12H,3,14H2,1-2H3. The highest BCUT2D eigenvalue weighted by Gasteiger charge is 2.17. The molecule has 5 nitrogen and oxygen atoms in total. The molecular formula is C19H19N5. The van der Waals surface area contributed by atoms with Gasteiger partial charge in [-0.2, -0.15) is 5.26 Å². The van der Waals surface area contributed by atoms with Crippen molar-refractivity contribution in [1.82, 2.24) is 15.0 Å². The van der Waals surface area contributed by atoms with Gasteiger partial charge in [0.1, 0.15) is 6.07 Å². The summed E-state index contributed by atoms with van der Waals surface area (Å²) in [7, 11) is 1.92. The smallest absolute Gasteiger partial charge is 0.207 e. The minimum absolute atomic E-state index is 0.333. The van der Waals surface area contributed by atoms with Crippen LogP contribution in [-0.4, -0.2) is 22.0 Å². The lowest BCUT2D eigenvalue weighted by Gasteiger charge is -2.16. The van der Waals surface area contributed by atoms with Gasteiger partial charge < -0.3 is 4.90 Å². The minimum atomic E-state index is 0.333. The summed E-state index contributed by atoms with van der Waals surface area (Å²) in [4.78, 5) is 3.51. The highest BCUT2D eigenvalue weighted by Crippen LogP contribution is 2.20. The Hall–Kier alpha value is -3.13. The van der Waals surface area contributed by atoms with Crippen LogP contribution in [0.15, 0.2) is 54.6 Å². The maximum absolute atomic E-state index is 9.43. The molecule has 0 bridgehead atoms. The molecule has 0 atom stereocenters. The van der Waals surface area contributed by atoms with E-state index < -0.39 is 0 Å². The Morgan fingerprint density at radius 3 is 2.46 bits per heavy atom. The zero-order chi connectivity index (χ0) is 16.9. The maximum atomic E-state index is 9.43. The third kappa shape index (κ3) is 3.13. The fourth-order valence-electron chi connectivity index (χ4n) is 2.67. The Morgan fingerprint density at radius 2 is 1.75 bits per heavy atom. The summed E-state index contributed by atoms with van der Waals surface area (Å²) in [6, 6.07) is 20.2. The van der Waals surface area contributed by atoms with Gasteiger partial charge in [0.2, 0.25) is 5.69 Å². The van der Waals surface area contributed by atoms with Gasteiger partial charge >= 0.3 is 0 Å². The number of para-hydroxylation sites is 1. The fraction of sp³-hybridized carbons (Fsp3) is 0.211. The predicted molar refractivity (Wildman–Crippen MR) is 94.0 cm³/mol.